The quantitative estimate of drug-likeness (QED) is 0.694. The number of carbonyl (C=O) groups is 1. The standard InChI is InChI=1S/C15H15BrN2O/c1-18(12-7-8-14(17)13(16)9-12)10-15(19)11-5-3-2-4-6-11/h2-9H,10,17H2,1H3. The van der Waals surface area contributed by atoms with Crippen LogP contribution in [-0.4, -0.2) is 19.4 Å². The highest BCUT2D eigenvalue weighted by Crippen LogP contribution is 2.25. The molecule has 98 valence electrons. The lowest BCUT2D eigenvalue weighted by atomic mass is 10.1. The van der Waals surface area contributed by atoms with Gasteiger partial charge in [-0.15, -0.1) is 0 Å². The van der Waals surface area contributed by atoms with Gasteiger partial charge in [0.2, 0.25) is 0 Å². The Morgan fingerprint density at radius 3 is 2.53 bits per heavy atom. The lowest BCUT2D eigenvalue weighted by molar-refractivity contribution is 0.100. The summed E-state index contributed by atoms with van der Waals surface area (Å²) in [4.78, 5) is 14.0. The van der Waals surface area contributed by atoms with E-state index in [-0.39, 0.29) is 5.78 Å². The zero-order valence-electron chi connectivity index (χ0n) is 10.6. The largest absolute Gasteiger partial charge is 0.398 e. The molecule has 2 rings (SSSR count). The molecule has 2 aromatic carbocycles. The number of carbonyl (C=O) groups excluding carboxylic acids is 1. The Hall–Kier alpha value is -1.81. The molecule has 0 radical (unpaired) electrons. The topological polar surface area (TPSA) is 46.3 Å². The first kappa shape index (κ1) is 13.6. The SMILES string of the molecule is CN(CC(=O)c1ccccc1)c1ccc(N)c(Br)c1. The summed E-state index contributed by atoms with van der Waals surface area (Å²) in [5.41, 5.74) is 8.11. The Morgan fingerprint density at radius 1 is 1.21 bits per heavy atom. The van der Waals surface area contributed by atoms with Crippen LogP contribution in [-0.2, 0) is 0 Å². The predicted octanol–water partition coefficient (Wildman–Crippen LogP) is 3.35. The van der Waals surface area contributed by atoms with Gasteiger partial charge in [0, 0.05) is 28.5 Å². The number of nitrogens with zero attached hydrogens (tertiary/aromatic N) is 1. The van der Waals surface area contributed by atoms with E-state index < -0.39 is 0 Å². The van der Waals surface area contributed by atoms with Crippen LogP contribution >= 0.6 is 15.9 Å². The Balaban J connectivity index is 2.10. The van der Waals surface area contributed by atoms with Crippen LogP contribution in [0.25, 0.3) is 0 Å². The molecule has 2 N–H and O–H groups in total. The van der Waals surface area contributed by atoms with Crippen molar-refractivity contribution in [2.45, 2.75) is 0 Å². The summed E-state index contributed by atoms with van der Waals surface area (Å²) in [5.74, 6) is 0.0936. The molecule has 0 bridgehead atoms. The Labute approximate surface area is 121 Å². The van der Waals surface area contributed by atoms with Gasteiger partial charge < -0.3 is 10.6 Å². The van der Waals surface area contributed by atoms with Crippen molar-refractivity contribution in [3.8, 4) is 0 Å². The summed E-state index contributed by atoms with van der Waals surface area (Å²) in [7, 11) is 1.89. The molecule has 0 unspecified atom stereocenters. The van der Waals surface area contributed by atoms with Gasteiger partial charge in [0.05, 0.1) is 6.54 Å². The number of nitrogens with two attached hydrogens (primary N) is 1. The van der Waals surface area contributed by atoms with E-state index in [0.29, 0.717) is 12.2 Å². The van der Waals surface area contributed by atoms with Crippen molar-refractivity contribution < 1.29 is 4.79 Å². The average Bonchev–Trinajstić information content (AvgIpc) is 2.42. The minimum atomic E-state index is 0.0936. The Bertz CT molecular complexity index is 584. The van der Waals surface area contributed by atoms with Gasteiger partial charge in [-0.3, -0.25) is 4.79 Å². The third kappa shape index (κ3) is 3.35. The second kappa shape index (κ2) is 5.89. The zero-order valence-corrected chi connectivity index (χ0v) is 12.2. The molecule has 19 heavy (non-hydrogen) atoms. The minimum absolute atomic E-state index is 0.0936. The van der Waals surface area contributed by atoms with Crippen LogP contribution in [0.2, 0.25) is 0 Å². The number of likely N-dealkylation sites (N-methyl/N-ethyl adjacent to an activating group) is 1. The van der Waals surface area contributed by atoms with Gasteiger partial charge in [0.15, 0.2) is 5.78 Å². The van der Waals surface area contributed by atoms with Crippen LogP contribution in [0.15, 0.2) is 53.0 Å². The molecule has 0 spiro atoms. The monoisotopic (exact) mass is 318 g/mol. The van der Waals surface area contributed by atoms with Crippen molar-refractivity contribution >= 4 is 33.1 Å². The molecule has 0 aromatic heterocycles. The van der Waals surface area contributed by atoms with Crippen LogP contribution in [0, 0.1) is 0 Å². The van der Waals surface area contributed by atoms with Gasteiger partial charge in [0.25, 0.3) is 0 Å². The minimum Gasteiger partial charge on any atom is -0.398 e. The van der Waals surface area contributed by atoms with E-state index >= 15 is 0 Å². The lowest BCUT2D eigenvalue weighted by Crippen LogP contribution is -2.25. The van der Waals surface area contributed by atoms with E-state index in [4.69, 9.17) is 5.73 Å². The van der Waals surface area contributed by atoms with E-state index in [1.54, 1.807) is 0 Å². The van der Waals surface area contributed by atoms with Crippen molar-refractivity contribution in [3.05, 3.63) is 58.6 Å². The first-order valence-corrected chi connectivity index (χ1v) is 6.71. The summed E-state index contributed by atoms with van der Waals surface area (Å²) in [6, 6.07) is 14.9. The molecule has 0 fully saturated rings. The van der Waals surface area contributed by atoms with Gasteiger partial charge >= 0.3 is 0 Å². The number of hydrogen-bond acceptors (Lipinski definition) is 3. The van der Waals surface area contributed by atoms with E-state index in [1.807, 2.05) is 60.5 Å². The van der Waals surface area contributed by atoms with Crippen LogP contribution in [0.5, 0.6) is 0 Å². The van der Waals surface area contributed by atoms with E-state index in [9.17, 15) is 4.79 Å². The fraction of sp³-hybridized carbons (Fsp3) is 0.133. The third-order valence-corrected chi connectivity index (χ3v) is 3.59. The molecule has 0 saturated heterocycles. The molecule has 0 atom stereocenters. The normalized spacial score (nSPS) is 10.2. The van der Waals surface area contributed by atoms with E-state index in [2.05, 4.69) is 15.9 Å². The molecule has 0 aliphatic heterocycles. The van der Waals surface area contributed by atoms with Gasteiger partial charge in [-0.05, 0) is 34.1 Å². The molecule has 4 heteroatoms. The summed E-state index contributed by atoms with van der Waals surface area (Å²) >= 11 is 3.39. The highest BCUT2D eigenvalue weighted by Gasteiger charge is 2.10. The van der Waals surface area contributed by atoms with Crippen molar-refractivity contribution in [1.82, 2.24) is 0 Å². The second-order valence-electron chi connectivity index (χ2n) is 4.35. The number of rotatable bonds is 4. The summed E-state index contributed by atoms with van der Waals surface area (Å²) in [6.07, 6.45) is 0. The molecule has 0 amide bonds. The van der Waals surface area contributed by atoms with E-state index in [1.165, 1.54) is 0 Å². The Morgan fingerprint density at radius 2 is 1.89 bits per heavy atom. The first-order valence-electron chi connectivity index (χ1n) is 5.92. The van der Waals surface area contributed by atoms with Crippen LogP contribution in [0.3, 0.4) is 0 Å². The van der Waals surface area contributed by atoms with Crippen molar-refractivity contribution in [2.24, 2.45) is 0 Å². The van der Waals surface area contributed by atoms with Crippen LogP contribution in [0.1, 0.15) is 10.4 Å². The Kier molecular flexibility index (Phi) is 4.22. The number of nitrogen functional groups attached to an aromatic ring is 1. The highest BCUT2D eigenvalue weighted by molar-refractivity contribution is 9.10. The number of anilines is 2. The molecule has 0 aliphatic carbocycles. The van der Waals surface area contributed by atoms with Crippen molar-refractivity contribution in [3.63, 3.8) is 0 Å². The van der Waals surface area contributed by atoms with Gasteiger partial charge in [-0.1, -0.05) is 30.3 Å². The van der Waals surface area contributed by atoms with Gasteiger partial charge in [-0.2, -0.15) is 0 Å². The number of halogens is 1. The fourth-order valence-electron chi connectivity index (χ4n) is 1.78. The summed E-state index contributed by atoms with van der Waals surface area (Å²) < 4.78 is 0.837. The summed E-state index contributed by atoms with van der Waals surface area (Å²) in [5, 5.41) is 0. The maximum Gasteiger partial charge on any atom is 0.182 e. The van der Waals surface area contributed by atoms with Crippen molar-refractivity contribution in [2.75, 3.05) is 24.2 Å². The van der Waals surface area contributed by atoms with Crippen molar-refractivity contribution in [1.29, 1.82) is 0 Å². The lowest BCUT2D eigenvalue weighted by Gasteiger charge is -2.19. The fourth-order valence-corrected chi connectivity index (χ4v) is 2.14. The number of hydrogen-bond donors (Lipinski definition) is 1. The van der Waals surface area contributed by atoms with Crippen LogP contribution in [0.4, 0.5) is 11.4 Å². The zero-order chi connectivity index (χ0) is 13.8. The average molecular weight is 319 g/mol. The third-order valence-electron chi connectivity index (χ3n) is 2.90. The van der Waals surface area contributed by atoms with Crippen LogP contribution < -0.4 is 10.6 Å². The first-order chi connectivity index (χ1) is 9.08. The molecular weight excluding hydrogens is 304 g/mol. The highest BCUT2D eigenvalue weighted by atomic mass is 79.9. The second-order valence-corrected chi connectivity index (χ2v) is 5.21. The molecule has 2 aromatic rings. The smallest absolute Gasteiger partial charge is 0.182 e. The number of ketones is 1. The maximum absolute atomic E-state index is 12.1. The molecule has 0 saturated carbocycles. The molecule has 3 nitrogen and oxygen atoms in total. The molecular formula is C15H15BrN2O. The predicted molar refractivity (Wildman–Crippen MR) is 82.6 cm³/mol. The molecule has 0 heterocycles. The molecule has 0 aliphatic rings. The number of benzene rings is 2. The summed E-state index contributed by atoms with van der Waals surface area (Å²) in [6.45, 7) is 0.334. The van der Waals surface area contributed by atoms with Gasteiger partial charge in [-0.25, -0.2) is 0 Å². The van der Waals surface area contributed by atoms with Gasteiger partial charge in [0.1, 0.15) is 0 Å². The number of Topliss-reactive ketones (excluding diaryl/α,β-unsaturated/α-hetero) is 1. The van der Waals surface area contributed by atoms with E-state index in [0.717, 1.165) is 15.7 Å². The maximum atomic E-state index is 12.1.